The third-order valence-electron chi connectivity index (χ3n) is 1.78. The third kappa shape index (κ3) is 3.06. The van der Waals surface area contributed by atoms with Gasteiger partial charge in [-0.2, -0.15) is 0 Å². The van der Waals surface area contributed by atoms with Crippen LogP contribution in [0.15, 0.2) is 10.9 Å². The predicted molar refractivity (Wildman–Crippen MR) is 54.1 cm³/mol. The molecule has 4 N–H and O–H groups in total. The number of hydrogen-bond acceptors (Lipinski definition) is 5. The smallest absolute Gasteiger partial charge is 0.270 e. The highest BCUT2D eigenvalue weighted by atomic mass is 32.1. The lowest BCUT2D eigenvalue weighted by molar-refractivity contribution is 0.0933. The number of carbonyl (C=O) groups excluding carboxylic acids is 1. The molecule has 1 amide bonds. The summed E-state index contributed by atoms with van der Waals surface area (Å²) in [5.74, 6) is -0.262. The van der Waals surface area contributed by atoms with Gasteiger partial charge in [0, 0.05) is 18.0 Å². The molecule has 1 heterocycles. The van der Waals surface area contributed by atoms with Crippen molar-refractivity contribution in [3.05, 3.63) is 16.6 Å². The quantitative estimate of drug-likeness (QED) is 0.636. The third-order valence-corrected chi connectivity index (χ3v) is 2.37. The van der Waals surface area contributed by atoms with E-state index in [0.717, 1.165) is 0 Å². The minimum Gasteiger partial charge on any atom is -0.392 e. The summed E-state index contributed by atoms with van der Waals surface area (Å²) < 4.78 is 0. The number of aliphatic hydroxyl groups is 1. The number of carbonyl (C=O) groups is 1. The molecule has 2 unspecified atom stereocenters. The highest BCUT2D eigenvalue weighted by molar-refractivity contribution is 7.07. The van der Waals surface area contributed by atoms with Crippen LogP contribution < -0.4 is 11.1 Å². The first-order valence-electron chi connectivity index (χ1n) is 4.21. The molecule has 6 heteroatoms. The van der Waals surface area contributed by atoms with Crippen molar-refractivity contribution in [2.75, 3.05) is 6.54 Å². The minimum atomic E-state index is -0.634. The van der Waals surface area contributed by atoms with Crippen molar-refractivity contribution >= 4 is 17.2 Å². The fourth-order valence-corrected chi connectivity index (χ4v) is 1.33. The molecule has 0 radical (unpaired) electrons. The van der Waals surface area contributed by atoms with Crippen molar-refractivity contribution < 1.29 is 9.90 Å². The van der Waals surface area contributed by atoms with Crippen molar-refractivity contribution in [2.24, 2.45) is 5.73 Å². The lowest BCUT2D eigenvalue weighted by atomic mass is 10.2. The Hall–Kier alpha value is -0.980. The highest BCUT2D eigenvalue weighted by Gasteiger charge is 2.12. The fourth-order valence-electron chi connectivity index (χ4n) is 0.796. The van der Waals surface area contributed by atoms with Crippen molar-refractivity contribution in [3.63, 3.8) is 0 Å². The maximum Gasteiger partial charge on any atom is 0.270 e. The molecule has 0 aliphatic rings. The second-order valence-electron chi connectivity index (χ2n) is 2.99. The van der Waals surface area contributed by atoms with Crippen molar-refractivity contribution in [3.8, 4) is 0 Å². The first-order valence-corrected chi connectivity index (χ1v) is 5.15. The van der Waals surface area contributed by atoms with Gasteiger partial charge in [0.25, 0.3) is 5.91 Å². The van der Waals surface area contributed by atoms with Crippen molar-refractivity contribution in [1.29, 1.82) is 0 Å². The summed E-state index contributed by atoms with van der Waals surface area (Å²) >= 11 is 1.36. The Morgan fingerprint density at radius 3 is 3.07 bits per heavy atom. The molecule has 0 spiro atoms. The van der Waals surface area contributed by atoms with Gasteiger partial charge in [0.05, 0.1) is 11.6 Å². The fraction of sp³-hybridized carbons (Fsp3) is 0.500. The van der Waals surface area contributed by atoms with E-state index in [-0.39, 0.29) is 12.5 Å². The molecule has 0 saturated heterocycles. The zero-order chi connectivity index (χ0) is 10.6. The van der Waals surface area contributed by atoms with E-state index in [1.807, 2.05) is 0 Å². The summed E-state index contributed by atoms with van der Waals surface area (Å²) in [6, 6.07) is -0.447. The van der Waals surface area contributed by atoms with Gasteiger partial charge >= 0.3 is 0 Å². The van der Waals surface area contributed by atoms with E-state index in [9.17, 15) is 4.79 Å². The average Bonchev–Trinajstić information content (AvgIpc) is 2.66. The van der Waals surface area contributed by atoms with Crippen LogP contribution >= 0.6 is 11.3 Å². The molecule has 1 aromatic rings. The second kappa shape index (κ2) is 5.04. The van der Waals surface area contributed by atoms with Gasteiger partial charge in [-0.3, -0.25) is 4.79 Å². The van der Waals surface area contributed by atoms with E-state index in [0.29, 0.717) is 5.69 Å². The summed E-state index contributed by atoms with van der Waals surface area (Å²) in [5.41, 5.74) is 7.50. The zero-order valence-electron chi connectivity index (χ0n) is 7.80. The molecule has 78 valence electrons. The molecular weight excluding hydrogens is 202 g/mol. The first-order chi connectivity index (χ1) is 6.61. The molecule has 0 fully saturated rings. The lowest BCUT2D eigenvalue weighted by Crippen LogP contribution is -2.43. The Labute approximate surface area is 86.0 Å². The molecule has 1 aromatic heterocycles. The van der Waals surface area contributed by atoms with Crippen LogP contribution in [-0.2, 0) is 0 Å². The Kier molecular flexibility index (Phi) is 3.99. The Morgan fingerprint density at radius 2 is 2.57 bits per heavy atom. The van der Waals surface area contributed by atoms with Gasteiger partial charge in [-0.15, -0.1) is 11.3 Å². The second-order valence-corrected chi connectivity index (χ2v) is 3.71. The summed E-state index contributed by atoms with van der Waals surface area (Å²) in [4.78, 5) is 15.2. The van der Waals surface area contributed by atoms with Gasteiger partial charge in [0.15, 0.2) is 0 Å². The first kappa shape index (κ1) is 11.1. The number of hydrogen-bond donors (Lipinski definition) is 3. The summed E-state index contributed by atoms with van der Waals surface area (Å²) in [5, 5.41) is 13.3. The van der Waals surface area contributed by atoms with E-state index < -0.39 is 12.1 Å². The number of nitrogens with two attached hydrogens (primary N) is 1. The highest BCUT2D eigenvalue weighted by Crippen LogP contribution is 2.00. The number of nitrogens with zero attached hydrogens (tertiary/aromatic N) is 1. The average molecular weight is 215 g/mol. The molecule has 1 rings (SSSR count). The molecule has 2 atom stereocenters. The van der Waals surface area contributed by atoms with Crippen LogP contribution in [0.2, 0.25) is 0 Å². The summed E-state index contributed by atoms with van der Waals surface area (Å²) in [6.45, 7) is 1.83. The van der Waals surface area contributed by atoms with E-state index in [1.165, 1.54) is 11.3 Å². The largest absolute Gasteiger partial charge is 0.392 e. The Balaban J connectivity index is 2.36. The van der Waals surface area contributed by atoms with Crippen LogP contribution in [0.5, 0.6) is 0 Å². The number of amides is 1. The lowest BCUT2D eigenvalue weighted by Gasteiger charge is -2.14. The van der Waals surface area contributed by atoms with E-state index in [4.69, 9.17) is 10.8 Å². The monoisotopic (exact) mass is 215 g/mol. The topological polar surface area (TPSA) is 88.2 Å². The van der Waals surface area contributed by atoms with Crippen molar-refractivity contribution in [2.45, 2.75) is 19.1 Å². The predicted octanol–water partition coefficient (Wildman–Crippen LogP) is -0.419. The number of aliphatic hydroxyl groups excluding tert-OH is 1. The Morgan fingerprint density at radius 1 is 1.86 bits per heavy atom. The normalized spacial score (nSPS) is 14.8. The maximum atomic E-state index is 11.3. The van der Waals surface area contributed by atoms with E-state index >= 15 is 0 Å². The van der Waals surface area contributed by atoms with Crippen LogP contribution in [0, 0.1) is 0 Å². The molecule has 5 nitrogen and oxygen atoms in total. The summed E-state index contributed by atoms with van der Waals surface area (Å²) in [6.07, 6.45) is -0.634. The van der Waals surface area contributed by atoms with Gasteiger partial charge in [-0.05, 0) is 6.92 Å². The SMILES string of the molecule is CC(O)C(N)CNC(=O)c1cscn1. The van der Waals surface area contributed by atoms with Gasteiger partial charge in [0.1, 0.15) is 5.69 Å². The maximum absolute atomic E-state index is 11.3. The van der Waals surface area contributed by atoms with Crippen LogP contribution in [0.25, 0.3) is 0 Å². The van der Waals surface area contributed by atoms with E-state index in [1.54, 1.807) is 17.8 Å². The van der Waals surface area contributed by atoms with Gasteiger partial charge in [-0.25, -0.2) is 4.98 Å². The van der Waals surface area contributed by atoms with Gasteiger partial charge in [0.2, 0.25) is 0 Å². The van der Waals surface area contributed by atoms with Crippen LogP contribution in [-0.4, -0.2) is 34.7 Å². The number of aromatic nitrogens is 1. The molecule has 0 aliphatic carbocycles. The molecule has 0 aliphatic heterocycles. The minimum absolute atomic E-state index is 0.244. The van der Waals surface area contributed by atoms with Gasteiger partial charge < -0.3 is 16.2 Å². The van der Waals surface area contributed by atoms with Crippen LogP contribution in [0.3, 0.4) is 0 Å². The van der Waals surface area contributed by atoms with Crippen molar-refractivity contribution in [1.82, 2.24) is 10.3 Å². The standard InChI is InChI=1S/C8H13N3O2S/c1-5(12)6(9)2-10-8(13)7-3-14-4-11-7/h3-6,12H,2,9H2,1H3,(H,10,13). The number of rotatable bonds is 4. The molecular formula is C8H13N3O2S. The molecule has 0 bridgehead atoms. The number of thiazole rings is 1. The molecule has 0 aromatic carbocycles. The number of nitrogens with one attached hydrogen (secondary N) is 1. The summed E-state index contributed by atoms with van der Waals surface area (Å²) in [7, 11) is 0. The molecule has 0 saturated carbocycles. The van der Waals surface area contributed by atoms with E-state index in [2.05, 4.69) is 10.3 Å². The Bertz CT molecular complexity index is 287. The van der Waals surface area contributed by atoms with Crippen LogP contribution in [0.4, 0.5) is 0 Å². The van der Waals surface area contributed by atoms with Gasteiger partial charge in [-0.1, -0.05) is 0 Å². The van der Waals surface area contributed by atoms with Crippen LogP contribution in [0.1, 0.15) is 17.4 Å². The molecule has 14 heavy (non-hydrogen) atoms. The zero-order valence-corrected chi connectivity index (χ0v) is 8.62.